The third-order valence-electron chi connectivity index (χ3n) is 1.61. The number of anilines is 1. The van der Waals surface area contributed by atoms with Crippen molar-refractivity contribution in [1.29, 1.82) is 0 Å². The van der Waals surface area contributed by atoms with Crippen molar-refractivity contribution in [2.24, 2.45) is 0 Å². The molecule has 14 heavy (non-hydrogen) atoms. The van der Waals surface area contributed by atoms with Crippen molar-refractivity contribution in [3.63, 3.8) is 0 Å². The minimum atomic E-state index is -0.209. The summed E-state index contributed by atoms with van der Waals surface area (Å²) in [6.07, 6.45) is 0. The summed E-state index contributed by atoms with van der Waals surface area (Å²) in [5, 5.41) is 2.97. The Balaban J connectivity index is 2.63. The van der Waals surface area contributed by atoms with Gasteiger partial charge in [-0.15, -0.1) is 0 Å². The second-order valence-corrected chi connectivity index (χ2v) is 3.08. The SMILES string of the molecule is CNC(=O)COc1ccc(Cl)cc1N. The lowest BCUT2D eigenvalue weighted by atomic mass is 10.3. The number of nitrogen functional groups attached to an aromatic ring is 1. The summed E-state index contributed by atoms with van der Waals surface area (Å²) in [4.78, 5) is 10.9. The van der Waals surface area contributed by atoms with Gasteiger partial charge >= 0.3 is 0 Å². The van der Waals surface area contributed by atoms with E-state index < -0.39 is 0 Å². The molecule has 0 unspecified atom stereocenters. The molecule has 0 atom stereocenters. The molecule has 0 heterocycles. The third-order valence-corrected chi connectivity index (χ3v) is 1.84. The maximum absolute atomic E-state index is 10.9. The normalized spacial score (nSPS) is 9.57. The summed E-state index contributed by atoms with van der Waals surface area (Å²) in [6, 6.07) is 4.85. The largest absolute Gasteiger partial charge is 0.482 e. The van der Waals surface area contributed by atoms with E-state index in [2.05, 4.69) is 5.32 Å². The molecule has 0 aliphatic heterocycles. The molecule has 0 aliphatic rings. The van der Waals surface area contributed by atoms with E-state index in [1.165, 1.54) is 7.05 Å². The molecule has 0 fully saturated rings. The topological polar surface area (TPSA) is 64.3 Å². The van der Waals surface area contributed by atoms with Crippen LogP contribution in [0.25, 0.3) is 0 Å². The monoisotopic (exact) mass is 214 g/mol. The summed E-state index contributed by atoms with van der Waals surface area (Å²) in [7, 11) is 1.54. The van der Waals surface area contributed by atoms with Crippen LogP contribution in [0.4, 0.5) is 5.69 Å². The quantitative estimate of drug-likeness (QED) is 0.740. The van der Waals surface area contributed by atoms with Crippen molar-refractivity contribution in [3.8, 4) is 5.75 Å². The number of ether oxygens (including phenoxy) is 1. The number of carbonyl (C=O) groups is 1. The summed E-state index contributed by atoms with van der Waals surface area (Å²) in [6.45, 7) is -0.0532. The Kier molecular flexibility index (Phi) is 3.59. The Morgan fingerprint density at radius 2 is 2.36 bits per heavy atom. The van der Waals surface area contributed by atoms with Crippen LogP contribution >= 0.6 is 11.6 Å². The second kappa shape index (κ2) is 4.72. The molecule has 76 valence electrons. The second-order valence-electron chi connectivity index (χ2n) is 2.64. The fourth-order valence-corrected chi connectivity index (χ4v) is 1.05. The molecular formula is C9H11ClN2O2. The van der Waals surface area contributed by atoms with Crippen LogP contribution in [0.15, 0.2) is 18.2 Å². The number of halogens is 1. The van der Waals surface area contributed by atoms with Crippen LogP contribution in [0.3, 0.4) is 0 Å². The van der Waals surface area contributed by atoms with Gasteiger partial charge in [0.05, 0.1) is 5.69 Å². The zero-order valence-corrected chi connectivity index (χ0v) is 8.47. The highest BCUT2D eigenvalue weighted by molar-refractivity contribution is 6.30. The Morgan fingerprint density at radius 3 is 2.93 bits per heavy atom. The Labute approximate surface area is 87.0 Å². The molecule has 1 aromatic carbocycles. The molecule has 1 rings (SSSR count). The van der Waals surface area contributed by atoms with Crippen LogP contribution in [0.5, 0.6) is 5.75 Å². The highest BCUT2D eigenvalue weighted by Gasteiger charge is 2.03. The average Bonchev–Trinajstić information content (AvgIpc) is 2.16. The number of benzene rings is 1. The van der Waals surface area contributed by atoms with Gasteiger partial charge in [-0.2, -0.15) is 0 Å². The lowest BCUT2D eigenvalue weighted by Gasteiger charge is -2.07. The summed E-state index contributed by atoms with van der Waals surface area (Å²) >= 11 is 5.69. The number of nitrogens with two attached hydrogens (primary N) is 1. The van der Waals surface area contributed by atoms with Gasteiger partial charge in [0, 0.05) is 12.1 Å². The first kappa shape index (κ1) is 10.7. The molecular weight excluding hydrogens is 204 g/mol. The maximum atomic E-state index is 10.9. The van der Waals surface area contributed by atoms with Crippen LogP contribution in [0.1, 0.15) is 0 Å². The molecule has 0 bridgehead atoms. The summed E-state index contributed by atoms with van der Waals surface area (Å²) in [5.74, 6) is 0.248. The van der Waals surface area contributed by atoms with Gasteiger partial charge in [-0.25, -0.2) is 0 Å². The van der Waals surface area contributed by atoms with E-state index in [4.69, 9.17) is 22.1 Å². The van der Waals surface area contributed by atoms with Gasteiger partial charge < -0.3 is 15.8 Å². The number of rotatable bonds is 3. The molecule has 1 amide bonds. The van der Waals surface area contributed by atoms with Crippen molar-refractivity contribution < 1.29 is 9.53 Å². The Bertz CT molecular complexity index is 342. The first-order valence-electron chi connectivity index (χ1n) is 4.02. The molecule has 0 radical (unpaired) electrons. The van der Waals surface area contributed by atoms with Gasteiger partial charge in [-0.3, -0.25) is 4.79 Å². The van der Waals surface area contributed by atoms with Crippen molar-refractivity contribution in [3.05, 3.63) is 23.2 Å². The van der Waals surface area contributed by atoms with Crippen LogP contribution in [-0.4, -0.2) is 19.6 Å². The summed E-state index contributed by atoms with van der Waals surface area (Å²) < 4.78 is 5.15. The number of hydrogen-bond acceptors (Lipinski definition) is 3. The van der Waals surface area contributed by atoms with Gasteiger partial charge in [-0.1, -0.05) is 11.6 Å². The van der Waals surface area contributed by atoms with E-state index in [0.29, 0.717) is 16.5 Å². The van der Waals surface area contributed by atoms with Crippen LogP contribution in [0.2, 0.25) is 5.02 Å². The number of carbonyl (C=O) groups excluding carboxylic acids is 1. The van der Waals surface area contributed by atoms with E-state index in [0.717, 1.165) is 0 Å². The lowest BCUT2D eigenvalue weighted by molar-refractivity contribution is -0.122. The zero-order chi connectivity index (χ0) is 10.6. The standard InChI is InChI=1S/C9H11ClN2O2/c1-12-9(13)5-14-8-3-2-6(10)4-7(8)11/h2-4H,5,11H2,1H3,(H,12,13). The minimum absolute atomic E-state index is 0.0532. The molecule has 0 saturated carbocycles. The number of likely N-dealkylation sites (N-methyl/N-ethyl adjacent to an activating group) is 1. The third kappa shape index (κ3) is 2.81. The minimum Gasteiger partial charge on any atom is -0.482 e. The van der Waals surface area contributed by atoms with E-state index in [-0.39, 0.29) is 12.5 Å². The Hall–Kier alpha value is -1.42. The molecule has 1 aromatic rings. The predicted molar refractivity (Wildman–Crippen MR) is 55.4 cm³/mol. The Morgan fingerprint density at radius 1 is 1.64 bits per heavy atom. The highest BCUT2D eigenvalue weighted by atomic mass is 35.5. The smallest absolute Gasteiger partial charge is 0.257 e. The van der Waals surface area contributed by atoms with Crippen molar-refractivity contribution in [2.45, 2.75) is 0 Å². The molecule has 0 spiro atoms. The lowest BCUT2D eigenvalue weighted by Crippen LogP contribution is -2.25. The predicted octanol–water partition coefficient (Wildman–Crippen LogP) is 1.05. The van der Waals surface area contributed by atoms with Crippen molar-refractivity contribution in [1.82, 2.24) is 5.32 Å². The van der Waals surface area contributed by atoms with Gasteiger partial charge in [0.15, 0.2) is 6.61 Å². The van der Waals surface area contributed by atoms with Crippen LogP contribution < -0.4 is 15.8 Å². The highest BCUT2D eigenvalue weighted by Crippen LogP contribution is 2.24. The molecule has 5 heteroatoms. The molecule has 0 aliphatic carbocycles. The fraction of sp³-hybridized carbons (Fsp3) is 0.222. The number of nitrogens with one attached hydrogen (secondary N) is 1. The van der Waals surface area contributed by atoms with Crippen molar-refractivity contribution >= 4 is 23.2 Å². The van der Waals surface area contributed by atoms with E-state index in [9.17, 15) is 4.79 Å². The van der Waals surface area contributed by atoms with Gasteiger partial charge in [0.1, 0.15) is 5.75 Å². The molecule has 0 saturated heterocycles. The molecule has 3 N–H and O–H groups in total. The first-order valence-corrected chi connectivity index (χ1v) is 4.39. The van der Waals surface area contributed by atoms with E-state index in [1.807, 2.05) is 0 Å². The number of amides is 1. The van der Waals surface area contributed by atoms with Crippen LogP contribution in [0, 0.1) is 0 Å². The molecule has 4 nitrogen and oxygen atoms in total. The molecule has 0 aromatic heterocycles. The van der Waals surface area contributed by atoms with E-state index in [1.54, 1.807) is 18.2 Å². The first-order chi connectivity index (χ1) is 6.63. The van der Waals surface area contributed by atoms with Gasteiger partial charge in [0.2, 0.25) is 0 Å². The van der Waals surface area contributed by atoms with Gasteiger partial charge in [-0.05, 0) is 18.2 Å². The summed E-state index contributed by atoms with van der Waals surface area (Å²) in [5.41, 5.74) is 6.03. The number of hydrogen-bond donors (Lipinski definition) is 2. The maximum Gasteiger partial charge on any atom is 0.257 e. The van der Waals surface area contributed by atoms with E-state index >= 15 is 0 Å². The zero-order valence-electron chi connectivity index (χ0n) is 7.71. The average molecular weight is 215 g/mol. The van der Waals surface area contributed by atoms with Gasteiger partial charge in [0.25, 0.3) is 5.91 Å². The fourth-order valence-electron chi connectivity index (χ4n) is 0.866. The van der Waals surface area contributed by atoms with Crippen LogP contribution in [-0.2, 0) is 4.79 Å². The van der Waals surface area contributed by atoms with Crippen molar-refractivity contribution in [2.75, 3.05) is 19.4 Å².